The fraction of sp³-hybridized carbons (Fsp3) is 0.552. The zero-order valence-corrected chi connectivity index (χ0v) is 21.9. The molecule has 0 spiro atoms. The summed E-state index contributed by atoms with van der Waals surface area (Å²) in [6, 6.07) is 15.4. The van der Waals surface area contributed by atoms with Crippen LogP contribution >= 0.6 is 0 Å². The quantitative estimate of drug-likeness (QED) is 0.519. The van der Waals surface area contributed by atoms with Crippen LogP contribution < -0.4 is 4.74 Å². The second kappa shape index (κ2) is 10.7. The highest BCUT2D eigenvalue weighted by Gasteiger charge is 2.61. The first-order chi connectivity index (χ1) is 17.5. The molecule has 1 saturated carbocycles. The van der Waals surface area contributed by atoms with E-state index < -0.39 is 23.3 Å². The van der Waals surface area contributed by atoms with E-state index in [4.69, 9.17) is 4.74 Å². The lowest BCUT2D eigenvalue weighted by atomic mass is 9.52. The van der Waals surface area contributed by atoms with E-state index in [0.29, 0.717) is 38.1 Å². The van der Waals surface area contributed by atoms with E-state index in [9.17, 15) is 23.1 Å². The van der Waals surface area contributed by atoms with Crippen LogP contribution in [0.25, 0.3) is 0 Å². The highest BCUT2D eigenvalue weighted by molar-refractivity contribution is 5.71. The minimum atomic E-state index is -4.65. The molecule has 2 aliphatic carbocycles. The average molecular weight is 519 g/mol. The number of aliphatic hydroxyl groups is 1. The molecular formula is C29H37F3N2O3. The smallest absolute Gasteiger partial charge is 0.410 e. The minimum Gasteiger partial charge on any atom is -0.410 e. The Balaban J connectivity index is 1.63. The number of hydrogen-bond donors (Lipinski definition) is 1. The number of halogens is 3. The van der Waals surface area contributed by atoms with Crippen molar-refractivity contribution in [3.63, 3.8) is 0 Å². The molecule has 2 aliphatic rings. The van der Waals surface area contributed by atoms with Gasteiger partial charge in [-0.05, 0) is 94.3 Å². The van der Waals surface area contributed by atoms with Gasteiger partial charge in [0, 0.05) is 25.0 Å². The lowest BCUT2D eigenvalue weighted by Gasteiger charge is -2.53. The summed E-state index contributed by atoms with van der Waals surface area (Å²) in [6.45, 7) is 3.71. The fourth-order valence-electron chi connectivity index (χ4n) is 6.14. The summed E-state index contributed by atoms with van der Waals surface area (Å²) in [6.07, 6.45) is -3.72. The van der Waals surface area contributed by atoms with Crippen LogP contribution in [0.1, 0.15) is 49.3 Å². The molecule has 0 aliphatic heterocycles. The summed E-state index contributed by atoms with van der Waals surface area (Å²) in [5.74, 6) is 0.138. The van der Waals surface area contributed by atoms with Crippen molar-refractivity contribution in [2.75, 3.05) is 33.7 Å². The number of likely N-dealkylation sites (N-methyl/N-ethyl adjacent to an activating group) is 2. The molecular weight excluding hydrogens is 481 g/mol. The molecule has 0 bridgehead atoms. The monoisotopic (exact) mass is 518 g/mol. The molecule has 5 nitrogen and oxygen atoms in total. The predicted octanol–water partition coefficient (Wildman–Crippen LogP) is 5.59. The molecule has 2 aromatic rings. The molecule has 1 amide bonds. The number of aryl methyl sites for hydroxylation is 1. The molecule has 0 saturated heterocycles. The molecule has 8 heteroatoms. The number of amides is 1. The van der Waals surface area contributed by atoms with Gasteiger partial charge in [-0.3, -0.25) is 0 Å². The van der Waals surface area contributed by atoms with Crippen molar-refractivity contribution in [2.45, 2.75) is 62.6 Å². The van der Waals surface area contributed by atoms with Crippen molar-refractivity contribution in [3.05, 3.63) is 65.2 Å². The van der Waals surface area contributed by atoms with Crippen molar-refractivity contribution in [1.82, 2.24) is 9.80 Å². The lowest BCUT2D eigenvalue weighted by Crippen LogP contribution is -2.56. The Morgan fingerprint density at radius 3 is 2.49 bits per heavy atom. The Hall–Kier alpha value is -2.58. The molecule has 37 heavy (non-hydrogen) atoms. The van der Waals surface area contributed by atoms with E-state index in [1.807, 2.05) is 68.4 Å². The Morgan fingerprint density at radius 2 is 1.84 bits per heavy atom. The second-order valence-corrected chi connectivity index (χ2v) is 10.9. The Morgan fingerprint density at radius 1 is 1.11 bits per heavy atom. The third-order valence-electron chi connectivity index (χ3n) is 8.28. The van der Waals surface area contributed by atoms with Crippen molar-refractivity contribution in [3.8, 4) is 5.75 Å². The van der Waals surface area contributed by atoms with Gasteiger partial charge in [0.1, 0.15) is 5.75 Å². The van der Waals surface area contributed by atoms with Crippen LogP contribution in [0.3, 0.4) is 0 Å². The van der Waals surface area contributed by atoms with Crippen LogP contribution in [-0.2, 0) is 18.3 Å². The molecule has 3 atom stereocenters. The first kappa shape index (κ1) is 27.5. The average Bonchev–Trinajstić information content (AvgIpc) is 2.84. The van der Waals surface area contributed by atoms with E-state index in [0.717, 1.165) is 23.2 Å². The van der Waals surface area contributed by atoms with E-state index in [1.165, 1.54) is 0 Å². The number of benzene rings is 2. The zero-order chi connectivity index (χ0) is 26.8. The standard InChI is InChI=1S/C29H37F3N2O3/c1-4-34(17-16-33(2)3)26(35)37-24-12-13-25-22(18-24)10-11-23-20-28(36,29(30,31)32)15-14-27(23,25)19-21-8-6-5-7-9-21/h5-9,12-13,18,23,36H,4,10-11,14-17,19-20H2,1-3H3/t23?,27-,28+/m0/s1. The third-order valence-corrected chi connectivity index (χ3v) is 8.28. The summed E-state index contributed by atoms with van der Waals surface area (Å²) >= 11 is 0. The molecule has 1 N–H and O–H groups in total. The van der Waals surface area contributed by atoms with Gasteiger partial charge in [-0.1, -0.05) is 36.4 Å². The molecule has 2 aromatic carbocycles. The Kier molecular flexibility index (Phi) is 7.91. The van der Waals surface area contributed by atoms with Gasteiger partial charge in [-0.2, -0.15) is 13.2 Å². The number of carbonyl (C=O) groups is 1. The number of ether oxygens (including phenoxy) is 1. The lowest BCUT2D eigenvalue weighted by molar-refractivity contribution is -0.279. The second-order valence-electron chi connectivity index (χ2n) is 10.9. The number of nitrogens with zero attached hydrogens (tertiary/aromatic N) is 2. The zero-order valence-electron chi connectivity index (χ0n) is 21.9. The van der Waals surface area contributed by atoms with Crippen LogP contribution in [0.15, 0.2) is 48.5 Å². The van der Waals surface area contributed by atoms with Gasteiger partial charge in [-0.25, -0.2) is 4.79 Å². The van der Waals surface area contributed by atoms with Gasteiger partial charge in [0.2, 0.25) is 0 Å². The van der Waals surface area contributed by atoms with E-state index in [2.05, 4.69) is 0 Å². The Labute approximate surface area is 217 Å². The van der Waals surface area contributed by atoms with Crippen LogP contribution in [0, 0.1) is 5.92 Å². The topological polar surface area (TPSA) is 53.0 Å². The SMILES string of the molecule is CCN(CCN(C)C)C(=O)Oc1ccc2c(c1)CCC1C[C@@](O)(C(F)(F)F)CC[C@@]21Cc1ccccc1. The van der Waals surface area contributed by atoms with Gasteiger partial charge in [0.25, 0.3) is 0 Å². The van der Waals surface area contributed by atoms with Gasteiger partial charge in [0.15, 0.2) is 5.60 Å². The number of hydrogen-bond acceptors (Lipinski definition) is 4. The number of fused-ring (bicyclic) bond motifs is 3. The van der Waals surface area contributed by atoms with Crippen molar-refractivity contribution < 1.29 is 27.8 Å². The van der Waals surface area contributed by atoms with Crippen LogP contribution in [0.2, 0.25) is 0 Å². The van der Waals surface area contributed by atoms with Crippen molar-refractivity contribution >= 4 is 6.09 Å². The first-order valence-corrected chi connectivity index (χ1v) is 13.1. The molecule has 0 radical (unpaired) electrons. The van der Waals surface area contributed by atoms with Gasteiger partial charge >= 0.3 is 12.3 Å². The third kappa shape index (κ3) is 5.65. The maximum absolute atomic E-state index is 13.8. The van der Waals surface area contributed by atoms with Crippen LogP contribution in [0.4, 0.5) is 18.0 Å². The summed E-state index contributed by atoms with van der Waals surface area (Å²) in [4.78, 5) is 16.4. The highest BCUT2D eigenvalue weighted by Crippen LogP contribution is 2.57. The first-order valence-electron chi connectivity index (χ1n) is 13.1. The van der Waals surface area contributed by atoms with Crippen molar-refractivity contribution in [1.29, 1.82) is 0 Å². The number of rotatable bonds is 7. The van der Waals surface area contributed by atoms with Gasteiger partial charge in [-0.15, -0.1) is 0 Å². The molecule has 0 heterocycles. The van der Waals surface area contributed by atoms with Gasteiger partial charge in [0.05, 0.1) is 0 Å². The van der Waals surface area contributed by atoms with Crippen molar-refractivity contribution in [2.24, 2.45) is 5.92 Å². The predicted molar refractivity (Wildman–Crippen MR) is 137 cm³/mol. The summed E-state index contributed by atoms with van der Waals surface area (Å²) < 4.78 is 47.1. The number of alkyl halides is 3. The maximum Gasteiger partial charge on any atom is 0.417 e. The molecule has 0 aromatic heterocycles. The summed E-state index contributed by atoms with van der Waals surface area (Å²) in [5.41, 5.74) is -0.0902. The van der Waals surface area contributed by atoms with E-state index in [1.54, 1.807) is 11.0 Å². The fourth-order valence-corrected chi connectivity index (χ4v) is 6.14. The Bertz CT molecular complexity index is 1090. The van der Waals surface area contributed by atoms with E-state index in [-0.39, 0.29) is 25.2 Å². The van der Waals surface area contributed by atoms with E-state index >= 15 is 0 Å². The largest absolute Gasteiger partial charge is 0.417 e. The maximum atomic E-state index is 13.8. The molecule has 1 unspecified atom stereocenters. The number of carbonyl (C=O) groups excluding carboxylic acids is 1. The molecule has 4 rings (SSSR count). The minimum absolute atomic E-state index is 0.239. The molecule has 202 valence electrons. The van der Waals surface area contributed by atoms with Gasteiger partial charge < -0.3 is 19.6 Å². The van der Waals surface area contributed by atoms with Crippen LogP contribution in [0.5, 0.6) is 5.75 Å². The normalized spacial score (nSPS) is 25.4. The molecule has 1 fully saturated rings. The summed E-state index contributed by atoms with van der Waals surface area (Å²) in [7, 11) is 3.89. The summed E-state index contributed by atoms with van der Waals surface area (Å²) in [5, 5.41) is 10.6. The highest BCUT2D eigenvalue weighted by atomic mass is 19.4. The van der Waals surface area contributed by atoms with Crippen LogP contribution in [-0.4, -0.2) is 66.5 Å².